The lowest BCUT2D eigenvalue weighted by Crippen LogP contribution is -2.07. The molecule has 0 aliphatic rings. The molecule has 0 amide bonds. The molecule has 0 fully saturated rings. The number of carboxylic acid groups (broad SMARTS) is 1. The van der Waals surface area contributed by atoms with E-state index in [2.05, 4.69) is 20.4 Å². The SMILES string of the molecule is Cc1ccc(OCc2nnn(C)n2)c(C(=O)O)n1. The fourth-order valence-corrected chi connectivity index (χ4v) is 1.34. The van der Waals surface area contributed by atoms with Gasteiger partial charge in [0.2, 0.25) is 5.82 Å². The Bertz CT molecular complexity index is 581. The van der Waals surface area contributed by atoms with Crippen molar-refractivity contribution >= 4 is 5.97 Å². The van der Waals surface area contributed by atoms with Crippen LogP contribution in [0.15, 0.2) is 12.1 Å². The zero-order valence-electron chi connectivity index (χ0n) is 9.86. The van der Waals surface area contributed by atoms with Gasteiger partial charge in [0.1, 0.15) is 0 Å². The summed E-state index contributed by atoms with van der Waals surface area (Å²) in [5, 5.41) is 20.3. The van der Waals surface area contributed by atoms with Crippen LogP contribution in [0.2, 0.25) is 0 Å². The Labute approximate surface area is 102 Å². The van der Waals surface area contributed by atoms with Gasteiger partial charge in [-0.2, -0.15) is 4.80 Å². The second kappa shape index (κ2) is 4.78. The minimum atomic E-state index is -1.14. The third kappa shape index (κ3) is 2.59. The van der Waals surface area contributed by atoms with Gasteiger partial charge in [0.05, 0.1) is 7.05 Å². The summed E-state index contributed by atoms with van der Waals surface area (Å²) in [6, 6.07) is 3.23. The highest BCUT2D eigenvalue weighted by Crippen LogP contribution is 2.17. The van der Waals surface area contributed by atoms with Crippen LogP contribution in [0.25, 0.3) is 0 Å². The Morgan fingerprint density at radius 2 is 2.28 bits per heavy atom. The van der Waals surface area contributed by atoms with Gasteiger partial charge in [0, 0.05) is 5.69 Å². The van der Waals surface area contributed by atoms with Gasteiger partial charge >= 0.3 is 5.97 Å². The lowest BCUT2D eigenvalue weighted by Gasteiger charge is -2.06. The molecular formula is C10H11N5O3. The van der Waals surface area contributed by atoms with Gasteiger partial charge in [-0.25, -0.2) is 9.78 Å². The van der Waals surface area contributed by atoms with Crippen LogP contribution in [0.1, 0.15) is 22.0 Å². The molecule has 8 heteroatoms. The van der Waals surface area contributed by atoms with Crippen molar-refractivity contribution < 1.29 is 14.6 Å². The molecule has 0 bridgehead atoms. The molecule has 0 aliphatic carbocycles. The number of tetrazole rings is 1. The molecule has 0 unspecified atom stereocenters. The summed E-state index contributed by atoms with van der Waals surface area (Å²) >= 11 is 0. The summed E-state index contributed by atoms with van der Waals surface area (Å²) in [5.41, 5.74) is 0.483. The summed E-state index contributed by atoms with van der Waals surface area (Å²) in [6.07, 6.45) is 0. The molecule has 0 aromatic carbocycles. The van der Waals surface area contributed by atoms with Crippen molar-refractivity contribution in [2.24, 2.45) is 7.05 Å². The van der Waals surface area contributed by atoms with Gasteiger partial charge in [-0.1, -0.05) is 0 Å². The number of ether oxygens (including phenoxy) is 1. The predicted octanol–water partition coefficient (Wildman–Crippen LogP) is 0.191. The van der Waals surface area contributed by atoms with Gasteiger partial charge in [0.25, 0.3) is 0 Å². The number of carbonyl (C=O) groups is 1. The van der Waals surface area contributed by atoms with Crippen molar-refractivity contribution in [1.82, 2.24) is 25.2 Å². The average Bonchev–Trinajstić information content (AvgIpc) is 2.73. The largest absolute Gasteiger partial charge is 0.483 e. The third-order valence-electron chi connectivity index (χ3n) is 2.11. The van der Waals surface area contributed by atoms with Crippen molar-refractivity contribution in [1.29, 1.82) is 0 Å². The molecular weight excluding hydrogens is 238 g/mol. The molecule has 2 heterocycles. The fraction of sp³-hybridized carbons (Fsp3) is 0.300. The first-order chi connectivity index (χ1) is 8.56. The summed E-state index contributed by atoms with van der Waals surface area (Å²) in [7, 11) is 1.63. The Kier molecular flexibility index (Phi) is 3.18. The van der Waals surface area contributed by atoms with Gasteiger partial charge < -0.3 is 9.84 Å². The van der Waals surface area contributed by atoms with E-state index >= 15 is 0 Å². The van der Waals surface area contributed by atoms with Crippen molar-refractivity contribution in [2.75, 3.05) is 0 Å². The third-order valence-corrected chi connectivity index (χ3v) is 2.11. The Morgan fingerprint density at radius 3 is 2.89 bits per heavy atom. The van der Waals surface area contributed by atoms with E-state index in [-0.39, 0.29) is 18.1 Å². The highest BCUT2D eigenvalue weighted by atomic mass is 16.5. The van der Waals surface area contributed by atoms with Crippen LogP contribution < -0.4 is 4.74 Å². The van der Waals surface area contributed by atoms with E-state index in [1.54, 1.807) is 26.1 Å². The normalized spacial score (nSPS) is 10.3. The van der Waals surface area contributed by atoms with Gasteiger partial charge in [-0.05, 0) is 24.3 Å². The van der Waals surface area contributed by atoms with Crippen LogP contribution in [0, 0.1) is 6.92 Å². The molecule has 0 saturated heterocycles. The van der Waals surface area contributed by atoms with Crippen LogP contribution in [0.4, 0.5) is 0 Å². The molecule has 0 atom stereocenters. The molecule has 0 saturated carbocycles. The molecule has 18 heavy (non-hydrogen) atoms. The molecule has 0 spiro atoms. The zero-order valence-corrected chi connectivity index (χ0v) is 9.86. The van der Waals surface area contributed by atoms with E-state index in [9.17, 15) is 4.79 Å². The van der Waals surface area contributed by atoms with Gasteiger partial charge in [-0.15, -0.1) is 10.2 Å². The molecule has 2 aromatic heterocycles. The fourth-order valence-electron chi connectivity index (χ4n) is 1.34. The van der Waals surface area contributed by atoms with Crippen LogP contribution in [0.3, 0.4) is 0 Å². The number of rotatable bonds is 4. The minimum Gasteiger partial charge on any atom is -0.483 e. The van der Waals surface area contributed by atoms with Crippen molar-refractivity contribution in [3.05, 3.63) is 29.3 Å². The number of aromatic carboxylic acids is 1. The van der Waals surface area contributed by atoms with Crippen molar-refractivity contribution in [2.45, 2.75) is 13.5 Å². The summed E-state index contributed by atoms with van der Waals surface area (Å²) in [4.78, 5) is 16.2. The first-order valence-corrected chi connectivity index (χ1v) is 5.13. The van der Waals surface area contributed by atoms with Gasteiger partial charge in [-0.3, -0.25) is 0 Å². The van der Waals surface area contributed by atoms with Gasteiger partial charge in [0.15, 0.2) is 18.1 Å². The maximum atomic E-state index is 11.0. The second-order valence-electron chi connectivity index (χ2n) is 3.59. The second-order valence-corrected chi connectivity index (χ2v) is 3.59. The number of carboxylic acids is 1. The Morgan fingerprint density at radius 1 is 1.50 bits per heavy atom. The van der Waals surface area contributed by atoms with Crippen LogP contribution in [-0.4, -0.2) is 36.3 Å². The topological polar surface area (TPSA) is 103 Å². The van der Waals surface area contributed by atoms with E-state index in [1.807, 2.05) is 0 Å². The number of pyridine rings is 1. The maximum absolute atomic E-state index is 11.0. The summed E-state index contributed by atoms with van der Waals surface area (Å²) in [5.74, 6) is -0.587. The van der Waals surface area contributed by atoms with Crippen molar-refractivity contribution in [3.63, 3.8) is 0 Å². The number of aryl methyl sites for hydroxylation is 2. The zero-order chi connectivity index (χ0) is 13.1. The first kappa shape index (κ1) is 12.0. The standard InChI is InChI=1S/C10H11N5O3/c1-6-3-4-7(9(11-6)10(16)17)18-5-8-12-14-15(2)13-8/h3-4H,5H2,1-2H3,(H,16,17). The van der Waals surface area contributed by atoms with Crippen molar-refractivity contribution in [3.8, 4) is 5.75 Å². The highest BCUT2D eigenvalue weighted by molar-refractivity contribution is 5.88. The lowest BCUT2D eigenvalue weighted by atomic mass is 10.3. The number of hydrogen-bond donors (Lipinski definition) is 1. The van der Waals surface area contributed by atoms with E-state index < -0.39 is 5.97 Å². The monoisotopic (exact) mass is 249 g/mol. The molecule has 8 nitrogen and oxygen atoms in total. The molecule has 94 valence electrons. The maximum Gasteiger partial charge on any atom is 0.358 e. The van der Waals surface area contributed by atoms with E-state index in [4.69, 9.17) is 9.84 Å². The molecule has 0 aliphatic heterocycles. The highest BCUT2D eigenvalue weighted by Gasteiger charge is 2.14. The summed E-state index contributed by atoms with van der Waals surface area (Å²) < 4.78 is 5.33. The molecule has 2 aromatic rings. The summed E-state index contributed by atoms with van der Waals surface area (Å²) in [6.45, 7) is 1.75. The number of nitrogens with zero attached hydrogens (tertiary/aromatic N) is 5. The number of aromatic nitrogens is 5. The lowest BCUT2D eigenvalue weighted by molar-refractivity contribution is 0.0684. The average molecular weight is 249 g/mol. The molecule has 2 rings (SSSR count). The van der Waals surface area contributed by atoms with E-state index in [0.717, 1.165) is 0 Å². The minimum absolute atomic E-state index is 0.0405. The van der Waals surface area contributed by atoms with E-state index in [0.29, 0.717) is 11.5 Å². The predicted molar refractivity (Wildman–Crippen MR) is 59.1 cm³/mol. The van der Waals surface area contributed by atoms with Crippen LogP contribution in [-0.2, 0) is 13.7 Å². The first-order valence-electron chi connectivity index (χ1n) is 5.13. The smallest absolute Gasteiger partial charge is 0.358 e. The quantitative estimate of drug-likeness (QED) is 0.824. The van der Waals surface area contributed by atoms with E-state index in [1.165, 1.54) is 4.80 Å². The number of hydrogen-bond acceptors (Lipinski definition) is 6. The van der Waals surface area contributed by atoms with Crippen LogP contribution >= 0.6 is 0 Å². The Hall–Kier alpha value is -2.51. The molecule has 1 N–H and O–H groups in total. The van der Waals surface area contributed by atoms with Crippen LogP contribution in [0.5, 0.6) is 5.75 Å². The Balaban J connectivity index is 2.16. The molecule has 0 radical (unpaired) electrons.